The molecule has 2 N–H and O–H groups in total. The van der Waals surface area contributed by atoms with Crippen LogP contribution in [0.25, 0.3) is 0 Å². The first-order valence-electron chi connectivity index (χ1n) is 5.92. The molecule has 0 fully saturated rings. The first-order valence-corrected chi connectivity index (χ1v) is 5.92. The van der Waals surface area contributed by atoms with Crippen molar-refractivity contribution >= 4 is 5.69 Å². The Balaban J connectivity index is 2.39. The summed E-state index contributed by atoms with van der Waals surface area (Å²) in [6.45, 7) is 4.17. The Labute approximate surface area is 107 Å². The molecule has 2 rings (SSSR count). The molecule has 0 spiro atoms. The summed E-state index contributed by atoms with van der Waals surface area (Å²) in [5.41, 5.74) is 8.69. The van der Waals surface area contributed by atoms with E-state index in [2.05, 4.69) is 23.9 Å². The minimum atomic E-state index is 0.279. The van der Waals surface area contributed by atoms with Crippen LogP contribution >= 0.6 is 0 Å². The zero-order valence-corrected chi connectivity index (χ0v) is 10.9. The van der Waals surface area contributed by atoms with Crippen LogP contribution in [-0.2, 0) is 6.42 Å². The van der Waals surface area contributed by atoms with Crippen molar-refractivity contribution in [1.82, 2.24) is 14.8 Å². The summed E-state index contributed by atoms with van der Waals surface area (Å²) in [6, 6.07) is 2.08. The predicted molar refractivity (Wildman–Crippen MR) is 70.6 cm³/mol. The number of anilines is 1. The number of pyridine rings is 1. The normalized spacial score (nSPS) is 10.9. The van der Waals surface area contributed by atoms with Gasteiger partial charge >= 0.3 is 0 Å². The van der Waals surface area contributed by atoms with Crippen LogP contribution in [0.4, 0.5) is 5.69 Å². The third-order valence-corrected chi connectivity index (χ3v) is 2.87. The zero-order valence-electron chi connectivity index (χ0n) is 10.9. The highest BCUT2D eigenvalue weighted by Gasteiger charge is 2.15. The van der Waals surface area contributed by atoms with E-state index in [1.54, 1.807) is 31.8 Å². The molecule has 5 nitrogen and oxygen atoms in total. The summed E-state index contributed by atoms with van der Waals surface area (Å²) >= 11 is 0. The maximum atomic E-state index is 5.94. The topological polar surface area (TPSA) is 66.0 Å². The minimum Gasteiger partial charge on any atom is -0.493 e. The number of aromatic nitrogens is 3. The first-order chi connectivity index (χ1) is 8.63. The number of nitrogens with two attached hydrogens (primary N) is 1. The minimum absolute atomic E-state index is 0.279. The van der Waals surface area contributed by atoms with Gasteiger partial charge in [0.25, 0.3) is 0 Å². The summed E-state index contributed by atoms with van der Waals surface area (Å²) in [6.07, 6.45) is 5.88. The van der Waals surface area contributed by atoms with Crippen molar-refractivity contribution in [3.8, 4) is 5.75 Å². The number of hydrogen-bond donors (Lipinski definition) is 1. The van der Waals surface area contributed by atoms with Crippen LogP contribution in [0.1, 0.15) is 31.1 Å². The summed E-state index contributed by atoms with van der Waals surface area (Å²) in [7, 11) is 1.65. The van der Waals surface area contributed by atoms with E-state index in [0.717, 1.165) is 22.7 Å². The molecular weight excluding hydrogens is 228 g/mol. The molecule has 0 radical (unpaired) electrons. The maximum Gasteiger partial charge on any atom is 0.160 e. The van der Waals surface area contributed by atoms with E-state index >= 15 is 0 Å². The second-order valence-electron chi connectivity index (χ2n) is 4.45. The van der Waals surface area contributed by atoms with Crippen LogP contribution in [-0.4, -0.2) is 21.9 Å². The molecule has 2 heterocycles. The summed E-state index contributed by atoms with van der Waals surface area (Å²) in [5.74, 6) is 0.784. The second kappa shape index (κ2) is 5.08. The molecule has 0 saturated heterocycles. The van der Waals surface area contributed by atoms with Gasteiger partial charge < -0.3 is 10.5 Å². The molecule has 0 amide bonds. The quantitative estimate of drug-likeness (QED) is 0.896. The van der Waals surface area contributed by atoms with E-state index in [-0.39, 0.29) is 6.04 Å². The van der Waals surface area contributed by atoms with Crippen molar-refractivity contribution in [3.63, 3.8) is 0 Å². The highest BCUT2D eigenvalue weighted by molar-refractivity contribution is 5.47. The van der Waals surface area contributed by atoms with Gasteiger partial charge in [-0.15, -0.1) is 0 Å². The molecule has 0 aliphatic heterocycles. The zero-order chi connectivity index (χ0) is 13.1. The third kappa shape index (κ3) is 2.30. The van der Waals surface area contributed by atoms with Gasteiger partial charge in [0.05, 0.1) is 19.0 Å². The molecule has 96 valence electrons. The van der Waals surface area contributed by atoms with Gasteiger partial charge in [0.1, 0.15) is 0 Å². The number of ether oxygens (including phenoxy) is 1. The maximum absolute atomic E-state index is 5.94. The highest BCUT2D eigenvalue weighted by atomic mass is 16.5. The van der Waals surface area contributed by atoms with Crippen LogP contribution in [0.5, 0.6) is 5.75 Å². The third-order valence-electron chi connectivity index (χ3n) is 2.87. The Kier molecular flexibility index (Phi) is 3.50. The molecule has 0 atom stereocenters. The molecule has 2 aromatic heterocycles. The van der Waals surface area contributed by atoms with Crippen LogP contribution in [0.3, 0.4) is 0 Å². The van der Waals surface area contributed by atoms with Crippen molar-refractivity contribution in [3.05, 3.63) is 35.9 Å². The standard InChI is InChI=1S/C13H18N4O/c1-9(2)17-12(13(18-3)8-16-17)6-10-7-15-5-4-11(10)14/h4-5,7-9H,6H2,1-3H3,(H2,14,15). The Hall–Kier alpha value is -2.04. The van der Waals surface area contributed by atoms with Crippen molar-refractivity contribution < 1.29 is 4.74 Å². The fraction of sp³-hybridized carbons (Fsp3) is 0.385. The van der Waals surface area contributed by atoms with Gasteiger partial charge in [-0.3, -0.25) is 9.67 Å². The van der Waals surface area contributed by atoms with Gasteiger partial charge in [-0.05, 0) is 25.5 Å². The number of methoxy groups -OCH3 is 1. The fourth-order valence-electron chi connectivity index (χ4n) is 1.92. The summed E-state index contributed by atoms with van der Waals surface area (Å²) < 4.78 is 7.29. The van der Waals surface area contributed by atoms with E-state index in [0.29, 0.717) is 6.42 Å². The Morgan fingerprint density at radius 2 is 2.17 bits per heavy atom. The summed E-state index contributed by atoms with van der Waals surface area (Å²) in [5, 5.41) is 4.34. The highest BCUT2D eigenvalue weighted by Crippen LogP contribution is 2.25. The molecule has 5 heteroatoms. The number of nitrogen functional groups attached to an aromatic ring is 1. The number of rotatable bonds is 4. The van der Waals surface area contributed by atoms with Crippen molar-refractivity contribution in [2.45, 2.75) is 26.3 Å². The molecule has 2 aromatic rings. The smallest absolute Gasteiger partial charge is 0.160 e. The van der Waals surface area contributed by atoms with E-state index < -0.39 is 0 Å². The Morgan fingerprint density at radius 1 is 1.39 bits per heavy atom. The molecular formula is C13H18N4O. The monoisotopic (exact) mass is 246 g/mol. The van der Waals surface area contributed by atoms with Gasteiger partial charge in [-0.25, -0.2) is 0 Å². The lowest BCUT2D eigenvalue weighted by molar-refractivity contribution is 0.406. The van der Waals surface area contributed by atoms with Gasteiger partial charge in [-0.1, -0.05) is 0 Å². The molecule has 0 aliphatic carbocycles. The number of nitrogens with zero attached hydrogens (tertiary/aromatic N) is 3. The van der Waals surface area contributed by atoms with Crippen LogP contribution in [0, 0.1) is 0 Å². The van der Waals surface area contributed by atoms with E-state index in [1.165, 1.54) is 0 Å². The van der Waals surface area contributed by atoms with E-state index in [9.17, 15) is 0 Å². The van der Waals surface area contributed by atoms with Gasteiger partial charge in [-0.2, -0.15) is 5.10 Å². The molecule has 0 aliphatic rings. The average Bonchev–Trinajstić information content (AvgIpc) is 2.75. The molecule has 0 saturated carbocycles. The molecule has 18 heavy (non-hydrogen) atoms. The lowest BCUT2D eigenvalue weighted by Gasteiger charge is -2.13. The lowest BCUT2D eigenvalue weighted by atomic mass is 10.1. The van der Waals surface area contributed by atoms with Crippen molar-refractivity contribution in [1.29, 1.82) is 0 Å². The van der Waals surface area contributed by atoms with Crippen molar-refractivity contribution in [2.24, 2.45) is 0 Å². The lowest BCUT2D eigenvalue weighted by Crippen LogP contribution is -2.09. The van der Waals surface area contributed by atoms with Gasteiger partial charge in [0.2, 0.25) is 0 Å². The van der Waals surface area contributed by atoms with Crippen molar-refractivity contribution in [2.75, 3.05) is 12.8 Å². The van der Waals surface area contributed by atoms with E-state index in [1.807, 2.05) is 4.68 Å². The molecule has 0 aromatic carbocycles. The Bertz CT molecular complexity index is 534. The van der Waals surface area contributed by atoms with Crippen LogP contribution in [0.2, 0.25) is 0 Å². The van der Waals surface area contributed by atoms with E-state index in [4.69, 9.17) is 10.5 Å². The largest absolute Gasteiger partial charge is 0.493 e. The van der Waals surface area contributed by atoms with Gasteiger partial charge in [0.15, 0.2) is 5.75 Å². The van der Waals surface area contributed by atoms with Gasteiger partial charge in [0, 0.05) is 30.5 Å². The average molecular weight is 246 g/mol. The first kappa shape index (κ1) is 12.4. The van der Waals surface area contributed by atoms with Crippen LogP contribution in [0.15, 0.2) is 24.7 Å². The van der Waals surface area contributed by atoms with Crippen LogP contribution < -0.4 is 10.5 Å². The number of hydrogen-bond acceptors (Lipinski definition) is 4. The predicted octanol–water partition coefficient (Wildman–Crippen LogP) is 2.04. The SMILES string of the molecule is COc1cnn(C(C)C)c1Cc1cnccc1N. The molecule has 0 unspecified atom stereocenters. The summed E-state index contributed by atoms with van der Waals surface area (Å²) in [4.78, 5) is 4.11. The second-order valence-corrected chi connectivity index (χ2v) is 4.45. The molecule has 0 bridgehead atoms. The Morgan fingerprint density at radius 3 is 2.78 bits per heavy atom. The fourth-order valence-corrected chi connectivity index (χ4v) is 1.92.